The van der Waals surface area contributed by atoms with Crippen LogP contribution in [0.25, 0.3) is 0 Å². The Morgan fingerprint density at radius 2 is 2.12 bits per heavy atom. The molecular weight excluding hydrogens is 242 g/mol. The number of nitriles is 1. The van der Waals surface area contributed by atoms with Gasteiger partial charge in [0.25, 0.3) is 0 Å². The molecule has 1 N–H and O–H groups in total. The minimum Gasteiger partial charge on any atom is -0.291 e. The Morgan fingerprint density at radius 3 is 2.76 bits per heavy atom. The van der Waals surface area contributed by atoms with E-state index in [1.54, 1.807) is 24.3 Å². The van der Waals surface area contributed by atoms with Crippen molar-refractivity contribution in [3.63, 3.8) is 0 Å². The number of hydrogen-bond acceptors (Lipinski definition) is 3. The van der Waals surface area contributed by atoms with Crippen LogP contribution in [-0.4, -0.2) is 18.5 Å². The van der Waals surface area contributed by atoms with Crippen LogP contribution in [0.5, 0.6) is 0 Å². The van der Waals surface area contributed by atoms with Gasteiger partial charge in [0.2, 0.25) is 5.91 Å². The molecule has 2 rings (SSSR count). The van der Waals surface area contributed by atoms with Crippen molar-refractivity contribution in [2.45, 2.75) is 0 Å². The van der Waals surface area contributed by atoms with Crippen LogP contribution in [0.4, 0.5) is 10.5 Å². The van der Waals surface area contributed by atoms with Gasteiger partial charge in [0, 0.05) is 0 Å². The van der Waals surface area contributed by atoms with Gasteiger partial charge in [0.15, 0.2) is 0 Å². The SMILES string of the molecule is N#C[C@@H]1CN(c2ccccc2Cl)C(=O)NC1=O. The topological polar surface area (TPSA) is 73.2 Å². The highest BCUT2D eigenvalue weighted by atomic mass is 35.5. The number of halogens is 1. The maximum absolute atomic E-state index is 11.6. The Hall–Kier alpha value is -2.06. The van der Waals surface area contributed by atoms with Gasteiger partial charge in [-0.25, -0.2) is 4.79 Å². The van der Waals surface area contributed by atoms with Crippen molar-refractivity contribution in [2.75, 3.05) is 11.4 Å². The van der Waals surface area contributed by atoms with Crippen LogP contribution >= 0.6 is 11.6 Å². The molecular formula is C11H8ClN3O2. The molecule has 0 spiro atoms. The Kier molecular flexibility index (Phi) is 2.98. The molecule has 0 unspecified atom stereocenters. The van der Waals surface area contributed by atoms with Gasteiger partial charge >= 0.3 is 6.03 Å². The molecule has 0 aromatic heterocycles. The number of anilines is 1. The monoisotopic (exact) mass is 249 g/mol. The van der Waals surface area contributed by atoms with E-state index in [0.717, 1.165) is 0 Å². The van der Waals surface area contributed by atoms with Crippen LogP contribution in [-0.2, 0) is 4.79 Å². The number of imide groups is 1. The molecule has 1 fully saturated rings. The third-order valence-electron chi connectivity index (χ3n) is 2.46. The Labute approximate surface area is 103 Å². The average molecular weight is 250 g/mol. The molecule has 3 amide bonds. The molecule has 1 heterocycles. The van der Waals surface area contributed by atoms with Crippen LogP contribution in [0.2, 0.25) is 5.02 Å². The molecule has 0 aliphatic carbocycles. The lowest BCUT2D eigenvalue weighted by Gasteiger charge is -2.29. The zero-order valence-corrected chi connectivity index (χ0v) is 9.44. The van der Waals surface area contributed by atoms with Gasteiger partial charge in [0.05, 0.1) is 23.3 Å². The van der Waals surface area contributed by atoms with Crippen molar-refractivity contribution in [3.05, 3.63) is 29.3 Å². The second kappa shape index (κ2) is 4.44. The van der Waals surface area contributed by atoms with E-state index in [0.29, 0.717) is 10.7 Å². The van der Waals surface area contributed by atoms with Gasteiger partial charge in [-0.1, -0.05) is 23.7 Å². The molecule has 1 aromatic carbocycles. The van der Waals surface area contributed by atoms with E-state index in [4.69, 9.17) is 16.9 Å². The summed E-state index contributed by atoms with van der Waals surface area (Å²) in [6.07, 6.45) is 0. The highest BCUT2D eigenvalue weighted by molar-refractivity contribution is 6.34. The molecule has 0 bridgehead atoms. The molecule has 17 heavy (non-hydrogen) atoms. The molecule has 1 atom stereocenters. The van der Waals surface area contributed by atoms with Gasteiger partial charge in [-0.3, -0.25) is 15.0 Å². The van der Waals surface area contributed by atoms with E-state index >= 15 is 0 Å². The predicted octanol–water partition coefficient (Wildman–Crippen LogP) is 1.54. The molecule has 0 saturated carbocycles. The second-order valence-electron chi connectivity index (χ2n) is 3.54. The summed E-state index contributed by atoms with van der Waals surface area (Å²) >= 11 is 5.96. The number of rotatable bonds is 1. The summed E-state index contributed by atoms with van der Waals surface area (Å²) < 4.78 is 0. The quantitative estimate of drug-likeness (QED) is 0.820. The number of carbonyl (C=O) groups excluding carboxylic acids is 2. The van der Waals surface area contributed by atoms with Gasteiger partial charge in [-0.05, 0) is 12.1 Å². The average Bonchev–Trinajstić information content (AvgIpc) is 2.31. The van der Waals surface area contributed by atoms with Crippen molar-refractivity contribution in [2.24, 2.45) is 5.92 Å². The van der Waals surface area contributed by atoms with E-state index in [-0.39, 0.29) is 6.54 Å². The minimum absolute atomic E-state index is 0.0187. The van der Waals surface area contributed by atoms with Crippen molar-refractivity contribution in [1.82, 2.24) is 5.32 Å². The van der Waals surface area contributed by atoms with Gasteiger partial charge in [-0.15, -0.1) is 0 Å². The smallest absolute Gasteiger partial charge is 0.291 e. The van der Waals surface area contributed by atoms with E-state index < -0.39 is 17.9 Å². The van der Waals surface area contributed by atoms with E-state index in [1.807, 2.05) is 6.07 Å². The molecule has 86 valence electrons. The van der Waals surface area contributed by atoms with E-state index in [9.17, 15) is 9.59 Å². The summed E-state index contributed by atoms with van der Waals surface area (Å²) in [5.74, 6) is -1.44. The first kappa shape index (κ1) is 11.4. The standard InChI is InChI=1S/C11H8ClN3O2/c12-8-3-1-2-4-9(8)15-6-7(5-13)10(16)14-11(15)17/h1-4,7H,6H2,(H,14,16,17)/t7-/m1/s1. The number of para-hydroxylation sites is 1. The lowest BCUT2D eigenvalue weighted by atomic mass is 10.1. The van der Waals surface area contributed by atoms with Crippen molar-refractivity contribution < 1.29 is 9.59 Å². The molecule has 1 aliphatic rings. The van der Waals surface area contributed by atoms with E-state index in [2.05, 4.69) is 5.32 Å². The first-order valence-electron chi connectivity index (χ1n) is 4.90. The largest absolute Gasteiger partial charge is 0.328 e. The lowest BCUT2D eigenvalue weighted by Crippen LogP contribution is -2.54. The first-order chi connectivity index (χ1) is 8.13. The molecule has 6 heteroatoms. The fourth-order valence-electron chi connectivity index (χ4n) is 1.59. The summed E-state index contributed by atoms with van der Waals surface area (Å²) in [6.45, 7) is 0.0187. The second-order valence-corrected chi connectivity index (χ2v) is 3.95. The number of carbonyl (C=O) groups is 2. The van der Waals surface area contributed by atoms with Gasteiger partial charge < -0.3 is 0 Å². The van der Waals surface area contributed by atoms with Gasteiger partial charge in [0.1, 0.15) is 5.92 Å². The maximum Gasteiger partial charge on any atom is 0.328 e. The summed E-state index contributed by atoms with van der Waals surface area (Å²) in [4.78, 5) is 24.2. The maximum atomic E-state index is 11.6. The number of hydrogen-bond donors (Lipinski definition) is 1. The minimum atomic E-state index is -0.871. The highest BCUT2D eigenvalue weighted by Crippen LogP contribution is 2.27. The van der Waals surface area contributed by atoms with Crippen molar-refractivity contribution >= 4 is 29.2 Å². The molecule has 5 nitrogen and oxygen atoms in total. The zero-order chi connectivity index (χ0) is 12.4. The molecule has 1 saturated heterocycles. The fourth-order valence-corrected chi connectivity index (χ4v) is 1.82. The summed E-state index contributed by atoms with van der Waals surface area (Å²) in [6, 6.07) is 8.05. The summed E-state index contributed by atoms with van der Waals surface area (Å²) in [7, 11) is 0. The molecule has 1 aliphatic heterocycles. The summed E-state index contributed by atoms with van der Waals surface area (Å²) in [5, 5.41) is 11.3. The number of nitrogens with one attached hydrogen (secondary N) is 1. The third-order valence-corrected chi connectivity index (χ3v) is 2.78. The Balaban J connectivity index is 2.33. The molecule has 0 radical (unpaired) electrons. The van der Waals surface area contributed by atoms with Crippen molar-refractivity contribution in [3.8, 4) is 6.07 Å². The Morgan fingerprint density at radius 1 is 1.41 bits per heavy atom. The third kappa shape index (κ3) is 2.08. The first-order valence-corrected chi connectivity index (χ1v) is 5.28. The lowest BCUT2D eigenvalue weighted by molar-refractivity contribution is -0.122. The number of nitrogens with zero attached hydrogens (tertiary/aromatic N) is 2. The normalized spacial score (nSPS) is 19.8. The fraction of sp³-hybridized carbons (Fsp3) is 0.182. The van der Waals surface area contributed by atoms with Crippen LogP contribution in [0.15, 0.2) is 24.3 Å². The Bertz CT molecular complexity index is 524. The zero-order valence-electron chi connectivity index (χ0n) is 8.68. The molecule has 1 aromatic rings. The number of amides is 3. The van der Waals surface area contributed by atoms with Crippen LogP contribution in [0, 0.1) is 17.2 Å². The van der Waals surface area contributed by atoms with Crippen LogP contribution in [0.3, 0.4) is 0 Å². The van der Waals surface area contributed by atoms with Crippen LogP contribution < -0.4 is 10.2 Å². The predicted molar refractivity (Wildman–Crippen MR) is 61.4 cm³/mol. The van der Waals surface area contributed by atoms with Crippen molar-refractivity contribution in [1.29, 1.82) is 5.26 Å². The summed E-state index contributed by atoms with van der Waals surface area (Å²) in [5.41, 5.74) is 0.486. The number of urea groups is 1. The number of benzene rings is 1. The van der Waals surface area contributed by atoms with E-state index in [1.165, 1.54) is 4.90 Å². The van der Waals surface area contributed by atoms with Gasteiger partial charge in [-0.2, -0.15) is 5.26 Å². The highest BCUT2D eigenvalue weighted by Gasteiger charge is 2.33. The van der Waals surface area contributed by atoms with Crippen LogP contribution in [0.1, 0.15) is 0 Å².